The molecule has 0 bridgehead atoms. The number of hydrogen-bond acceptors (Lipinski definition) is 4. The maximum atomic E-state index is 14.0. The molecular weight excluding hydrogens is 279 g/mol. The molecule has 6 nitrogen and oxygen atoms in total. The maximum Gasteiger partial charge on any atom is 0.272 e. The number of carbonyl (C=O) groups excluding carboxylic acids is 2. The molecule has 0 aromatic heterocycles. The Labute approximate surface area is 119 Å². The lowest BCUT2D eigenvalue weighted by atomic mass is 9.93. The van der Waals surface area contributed by atoms with Gasteiger partial charge in [0.25, 0.3) is 17.5 Å². The molecule has 1 aliphatic heterocycles. The van der Waals surface area contributed by atoms with Gasteiger partial charge in [-0.2, -0.15) is 0 Å². The molecule has 0 N–H and O–H groups in total. The number of anilines is 1. The third-order valence-electron chi connectivity index (χ3n) is 3.77. The molecule has 0 unspecified atom stereocenters. The van der Waals surface area contributed by atoms with Crippen LogP contribution in [0.2, 0.25) is 0 Å². The van der Waals surface area contributed by atoms with Crippen LogP contribution in [0.1, 0.15) is 25.7 Å². The van der Waals surface area contributed by atoms with Gasteiger partial charge in [0.2, 0.25) is 0 Å². The Balaban J connectivity index is 2.01. The zero-order chi connectivity index (χ0) is 15.1. The number of halogens is 1. The SMILES string of the molecule is O=C1C2=C(CCCC2)C(=O)N1c1ccc([N+](=O)[O-])cc1F. The van der Waals surface area contributed by atoms with E-state index >= 15 is 0 Å². The largest absolute Gasteiger partial charge is 0.272 e. The van der Waals surface area contributed by atoms with Gasteiger partial charge in [-0.1, -0.05) is 0 Å². The van der Waals surface area contributed by atoms with Gasteiger partial charge in [0.1, 0.15) is 0 Å². The van der Waals surface area contributed by atoms with Crippen LogP contribution in [0.3, 0.4) is 0 Å². The number of non-ortho nitro benzene ring substituents is 1. The number of nitro benzene ring substituents is 1. The maximum absolute atomic E-state index is 14.0. The highest BCUT2D eigenvalue weighted by atomic mass is 19.1. The summed E-state index contributed by atoms with van der Waals surface area (Å²) in [7, 11) is 0. The van der Waals surface area contributed by atoms with Crippen LogP contribution >= 0.6 is 0 Å². The summed E-state index contributed by atoms with van der Waals surface area (Å²) >= 11 is 0. The average molecular weight is 290 g/mol. The van der Waals surface area contributed by atoms with E-state index in [1.165, 1.54) is 0 Å². The van der Waals surface area contributed by atoms with Crippen LogP contribution in [0.15, 0.2) is 29.3 Å². The first-order valence-electron chi connectivity index (χ1n) is 6.55. The molecule has 0 fully saturated rings. The second-order valence-corrected chi connectivity index (χ2v) is 5.00. The molecule has 1 aliphatic carbocycles. The number of benzene rings is 1. The van der Waals surface area contributed by atoms with E-state index in [9.17, 15) is 24.1 Å². The molecule has 2 aliphatic rings. The monoisotopic (exact) mass is 290 g/mol. The molecule has 7 heteroatoms. The molecule has 0 spiro atoms. The summed E-state index contributed by atoms with van der Waals surface area (Å²) in [6, 6.07) is 2.89. The van der Waals surface area contributed by atoms with E-state index in [0.29, 0.717) is 30.1 Å². The van der Waals surface area contributed by atoms with Gasteiger partial charge in [0.05, 0.1) is 16.7 Å². The number of amides is 2. The molecule has 0 saturated heterocycles. The number of hydrogen-bond donors (Lipinski definition) is 0. The first-order chi connectivity index (χ1) is 10.0. The summed E-state index contributed by atoms with van der Waals surface area (Å²) in [4.78, 5) is 35.2. The molecule has 0 radical (unpaired) electrons. The van der Waals surface area contributed by atoms with Gasteiger partial charge in [-0.05, 0) is 31.7 Å². The number of imide groups is 1. The predicted octanol–water partition coefficient (Wildman–Crippen LogP) is 2.48. The van der Waals surface area contributed by atoms with E-state index in [1.807, 2.05) is 0 Å². The predicted molar refractivity (Wildman–Crippen MR) is 71.0 cm³/mol. The fraction of sp³-hybridized carbons (Fsp3) is 0.286. The highest BCUT2D eigenvalue weighted by Gasteiger charge is 2.40. The zero-order valence-electron chi connectivity index (χ0n) is 11.0. The molecule has 21 heavy (non-hydrogen) atoms. The Kier molecular flexibility index (Phi) is 3.04. The minimum absolute atomic E-state index is 0.231. The van der Waals surface area contributed by atoms with Crippen LogP contribution in [-0.2, 0) is 9.59 Å². The van der Waals surface area contributed by atoms with E-state index < -0.39 is 28.2 Å². The first kappa shape index (κ1) is 13.4. The van der Waals surface area contributed by atoms with Crippen molar-refractivity contribution in [3.63, 3.8) is 0 Å². The lowest BCUT2D eigenvalue weighted by molar-refractivity contribution is -0.385. The molecular formula is C14H11FN2O4. The van der Waals surface area contributed by atoms with Crippen LogP contribution in [0, 0.1) is 15.9 Å². The highest BCUT2D eigenvalue weighted by Crippen LogP contribution is 2.37. The van der Waals surface area contributed by atoms with Gasteiger partial charge >= 0.3 is 0 Å². The third kappa shape index (κ3) is 2.01. The molecule has 1 heterocycles. The first-order valence-corrected chi connectivity index (χ1v) is 6.55. The minimum atomic E-state index is -0.953. The second-order valence-electron chi connectivity index (χ2n) is 5.00. The summed E-state index contributed by atoms with van der Waals surface area (Å²) in [6.45, 7) is 0. The van der Waals surface area contributed by atoms with Gasteiger partial charge in [0, 0.05) is 17.2 Å². The Morgan fingerprint density at radius 2 is 1.67 bits per heavy atom. The van der Waals surface area contributed by atoms with Crippen LogP contribution in [0.25, 0.3) is 0 Å². The number of nitrogens with zero attached hydrogens (tertiary/aromatic N) is 2. The quantitative estimate of drug-likeness (QED) is 0.476. The van der Waals surface area contributed by atoms with E-state index in [1.54, 1.807) is 0 Å². The summed E-state index contributed by atoms with van der Waals surface area (Å²) in [5.74, 6) is -1.98. The molecule has 1 aromatic rings. The second kappa shape index (κ2) is 4.76. The number of rotatable bonds is 2. The van der Waals surface area contributed by atoms with E-state index in [2.05, 4.69) is 0 Å². The third-order valence-corrected chi connectivity index (χ3v) is 3.77. The van der Waals surface area contributed by atoms with Crippen molar-refractivity contribution in [2.75, 3.05) is 4.90 Å². The van der Waals surface area contributed by atoms with Gasteiger partial charge in [-0.15, -0.1) is 0 Å². The number of carbonyl (C=O) groups is 2. The van der Waals surface area contributed by atoms with Crippen LogP contribution < -0.4 is 4.90 Å². The standard InChI is InChI=1S/C14H11FN2O4/c15-11-7-8(17(20)21)5-6-12(11)16-13(18)9-3-1-2-4-10(9)14(16)19/h5-7H,1-4H2. The van der Waals surface area contributed by atoms with Crippen molar-refractivity contribution in [2.24, 2.45) is 0 Å². The van der Waals surface area contributed by atoms with Crippen LogP contribution in [-0.4, -0.2) is 16.7 Å². The smallest absolute Gasteiger partial charge is 0.269 e. The molecule has 0 atom stereocenters. The van der Waals surface area contributed by atoms with Crippen molar-refractivity contribution in [2.45, 2.75) is 25.7 Å². The molecule has 108 valence electrons. The van der Waals surface area contributed by atoms with Crippen molar-refractivity contribution in [3.8, 4) is 0 Å². The van der Waals surface area contributed by atoms with Crippen molar-refractivity contribution < 1.29 is 18.9 Å². The summed E-state index contributed by atoms with van der Waals surface area (Å²) in [5, 5.41) is 10.6. The Morgan fingerprint density at radius 3 is 2.14 bits per heavy atom. The summed E-state index contributed by atoms with van der Waals surface area (Å²) < 4.78 is 14.0. The Hall–Kier alpha value is -2.57. The minimum Gasteiger partial charge on any atom is -0.269 e. The van der Waals surface area contributed by atoms with Gasteiger partial charge in [-0.25, -0.2) is 9.29 Å². The fourth-order valence-electron chi connectivity index (χ4n) is 2.75. The van der Waals surface area contributed by atoms with E-state index in [0.717, 1.165) is 29.9 Å². The number of nitro groups is 1. The van der Waals surface area contributed by atoms with Crippen molar-refractivity contribution in [3.05, 3.63) is 45.3 Å². The van der Waals surface area contributed by atoms with Crippen LogP contribution in [0.5, 0.6) is 0 Å². The van der Waals surface area contributed by atoms with Gasteiger partial charge < -0.3 is 0 Å². The van der Waals surface area contributed by atoms with E-state index in [4.69, 9.17) is 0 Å². The van der Waals surface area contributed by atoms with E-state index in [-0.39, 0.29) is 5.69 Å². The van der Waals surface area contributed by atoms with Crippen molar-refractivity contribution in [1.29, 1.82) is 0 Å². The Bertz CT molecular complexity index is 683. The topological polar surface area (TPSA) is 80.5 Å². The fourth-order valence-corrected chi connectivity index (χ4v) is 2.75. The van der Waals surface area contributed by atoms with Gasteiger partial charge in [0.15, 0.2) is 5.82 Å². The lowest BCUT2D eigenvalue weighted by Crippen LogP contribution is -2.32. The summed E-state index contributed by atoms with van der Waals surface area (Å²) in [6.07, 6.45) is 2.69. The Morgan fingerprint density at radius 1 is 1.10 bits per heavy atom. The van der Waals surface area contributed by atoms with Crippen molar-refractivity contribution >= 4 is 23.2 Å². The molecule has 3 rings (SSSR count). The van der Waals surface area contributed by atoms with Gasteiger partial charge in [-0.3, -0.25) is 19.7 Å². The summed E-state index contributed by atoms with van der Waals surface area (Å²) in [5.41, 5.74) is 0.242. The normalized spacial score (nSPS) is 18.2. The molecule has 0 saturated carbocycles. The molecule has 1 aromatic carbocycles. The van der Waals surface area contributed by atoms with Crippen LogP contribution in [0.4, 0.5) is 15.8 Å². The van der Waals surface area contributed by atoms with Crippen molar-refractivity contribution in [1.82, 2.24) is 0 Å². The lowest BCUT2D eigenvalue weighted by Gasteiger charge is -2.15. The zero-order valence-corrected chi connectivity index (χ0v) is 11.0. The molecule has 2 amide bonds. The average Bonchev–Trinajstić information content (AvgIpc) is 2.72. The highest BCUT2D eigenvalue weighted by molar-refractivity contribution is 6.33.